The number of carbonyl (C=O) groups is 2. The van der Waals surface area contributed by atoms with Crippen LogP contribution in [0.15, 0.2) is 24.4 Å². The fraction of sp³-hybridized carbons (Fsp3) is 0.0833. The maximum absolute atomic E-state index is 11.7. The summed E-state index contributed by atoms with van der Waals surface area (Å²) >= 11 is 1.33. The number of hydrogen-bond donors (Lipinski definition) is 4. The number of anilines is 2. The topological polar surface area (TPSA) is 112 Å². The van der Waals surface area contributed by atoms with Crippen molar-refractivity contribution in [1.82, 2.24) is 4.98 Å². The molecule has 0 saturated heterocycles. The van der Waals surface area contributed by atoms with Gasteiger partial charge in [0.25, 0.3) is 0 Å². The van der Waals surface area contributed by atoms with Crippen LogP contribution in [-0.4, -0.2) is 27.2 Å². The van der Waals surface area contributed by atoms with Crippen molar-refractivity contribution in [1.29, 1.82) is 0 Å². The number of carboxylic acid groups (broad SMARTS) is 1. The zero-order valence-electron chi connectivity index (χ0n) is 10.4. The maximum atomic E-state index is 11.7. The Morgan fingerprint density at radius 1 is 1.30 bits per heavy atom. The number of aromatic hydroxyl groups is 1. The molecular formula is C12H11N3O4S. The standard InChI is InChI=1S/C12H11N3O4S/c1-6-5-13-12(20-6)15-11(19)14-7-2-3-8(10(17)18)9(16)4-7/h2-5,16H,1H3,(H,17,18)(H2,13,14,15,19). The van der Waals surface area contributed by atoms with Gasteiger partial charge in [0.2, 0.25) is 0 Å². The number of benzene rings is 1. The molecule has 104 valence electrons. The van der Waals surface area contributed by atoms with Crippen LogP contribution in [0.3, 0.4) is 0 Å². The van der Waals surface area contributed by atoms with E-state index in [0.29, 0.717) is 5.13 Å². The SMILES string of the molecule is Cc1cnc(NC(=O)Nc2ccc(C(=O)O)c(O)c2)s1. The Morgan fingerprint density at radius 3 is 2.60 bits per heavy atom. The summed E-state index contributed by atoms with van der Waals surface area (Å²) in [4.78, 5) is 27.3. The van der Waals surface area contributed by atoms with E-state index < -0.39 is 17.7 Å². The van der Waals surface area contributed by atoms with E-state index in [0.717, 1.165) is 10.9 Å². The third-order valence-corrected chi connectivity index (χ3v) is 3.16. The molecule has 2 rings (SSSR count). The summed E-state index contributed by atoms with van der Waals surface area (Å²) in [6, 6.07) is 3.23. The van der Waals surface area contributed by atoms with Gasteiger partial charge in [-0.25, -0.2) is 14.6 Å². The van der Waals surface area contributed by atoms with Gasteiger partial charge in [0.05, 0.1) is 0 Å². The highest BCUT2D eigenvalue weighted by Crippen LogP contribution is 2.22. The molecule has 4 N–H and O–H groups in total. The molecule has 0 aliphatic rings. The van der Waals surface area contributed by atoms with Crippen molar-refractivity contribution in [3.05, 3.63) is 34.8 Å². The third-order valence-electron chi connectivity index (χ3n) is 2.33. The summed E-state index contributed by atoms with van der Waals surface area (Å²) in [5, 5.41) is 23.7. The number of carbonyl (C=O) groups excluding carboxylic acids is 1. The number of aromatic nitrogens is 1. The second-order valence-corrected chi connectivity index (χ2v) is 5.13. The first-order chi connectivity index (χ1) is 9.45. The number of urea groups is 1. The summed E-state index contributed by atoms with van der Waals surface area (Å²) in [6.07, 6.45) is 1.63. The molecule has 7 nitrogen and oxygen atoms in total. The van der Waals surface area contributed by atoms with E-state index in [1.54, 1.807) is 6.20 Å². The van der Waals surface area contributed by atoms with Crippen LogP contribution in [0.1, 0.15) is 15.2 Å². The number of phenols is 1. The lowest BCUT2D eigenvalue weighted by atomic mass is 10.2. The molecule has 0 spiro atoms. The summed E-state index contributed by atoms with van der Waals surface area (Å²) in [7, 11) is 0. The van der Waals surface area contributed by atoms with E-state index in [4.69, 9.17) is 5.11 Å². The molecule has 2 aromatic rings. The first-order valence-corrected chi connectivity index (χ1v) is 6.34. The van der Waals surface area contributed by atoms with E-state index in [2.05, 4.69) is 15.6 Å². The Labute approximate surface area is 117 Å². The van der Waals surface area contributed by atoms with Crippen LogP contribution >= 0.6 is 11.3 Å². The Hall–Kier alpha value is -2.61. The summed E-state index contributed by atoms with van der Waals surface area (Å²) in [6.45, 7) is 1.86. The van der Waals surface area contributed by atoms with Crippen molar-refractivity contribution < 1.29 is 19.8 Å². The molecule has 0 fully saturated rings. The lowest BCUT2D eigenvalue weighted by molar-refractivity contribution is 0.0694. The van der Waals surface area contributed by atoms with Crippen molar-refractivity contribution in [2.45, 2.75) is 6.92 Å². The molecular weight excluding hydrogens is 282 g/mol. The monoisotopic (exact) mass is 293 g/mol. The van der Waals surface area contributed by atoms with Gasteiger partial charge >= 0.3 is 12.0 Å². The van der Waals surface area contributed by atoms with Crippen LogP contribution in [0.5, 0.6) is 5.75 Å². The average Bonchev–Trinajstić information content (AvgIpc) is 2.74. The van der Waals surface area contributed by atoms with Crippen molar-refractivity contribution in [2.24, 2.45) is 0 Å². The van der Waals surface area contributed by atoms with Crippen LogP contribution in [0.25, 0.3) is 0 Å². The number of nitrogens with one attached hydrogen (secondary N) is 2. The zero-order valence-corrected chi connectivity index (χ0v) is 11.2. The number of carboxylic acids is 1. The Balaban J connectivity index is 2.04. The van der Waals surface area contributed by atoms with E-state index in [1.807, 2.05) is 6.92 Å². The van der Waals surface area contributed by atoms with Gasteiger partial charge in [0, 0.05) is 22.8 Å². The highest BCUT2D eigenvalue weighted by atomic mass is 32.1. The van der Waals surface area contributed by atoms with Crippen molar-refractivity contribution in [3.63, 3.8) is 0 Å². The molecule has 1 aromatic heterocycles. The molecule has 0 radical (unpaired) electrons. The summed E-state index contributed by atoms with van der Waals surface area (Å²) in [5.74, 6) is -1.66. The minimum absolute atomic E-state index is 0.230. The average molecular weight is 293 g/mol. The summed E-state index contributed by atoms with van der Waals surface area (Å²) in [5.41, 5.74) is 0.0461. The second-order valence-electron chi connectivity index (χ2n) is 3.89. The van der Waals surface area contributed by atoms with E-state index in [-0.39, 0.29) is 11.3 Å². The molecule has 1 heterocycles. The summed E-state index contributed by atoms with van der Waals surface area (Å²) < 4.78 is 0. The lowest BCUT2D eigenvalue weighted by Crippen LogP contribution is -2.19. The maximum Gasteiger partial charge on any atom is 0.339 e. The molecule has 20 heavy (non-hydrogen) atoms. The number of aromatic carboxylic acids is 1. The van der Waals surface area contributed by atoms with Gasteiger partial charge in [0.15, 0.2) is 5.13 Å². The Kier molecular flexibility index (Phi) is 3.85. The van der Waals surface area contributed by atoms with Gasteiger partial charge in [-0.15, -0.1) is 11.3 Å². The normalized spacial score (nSPS) is 10.1. The number of rotatable bonds is 3. The van der Waals surface area contributed by atoms with Gasteiger partial charge in [-0.3, -0.25) is 5.32 Å². The van der Waals surface area contributed by atoms with E-state index in [9.17, 15) is 14.7 Å². The van der Waals surface area contributed by atoms with Gasteiger partial charge in [0.1, 0.15) is 11.3 Å². The first kappa shape index (κ1) is 13.8. The lowest BCUT2D eigenvalue weighted by Gasteiger charge is -2.07. The van der Waals surface area contributed by atoms with E-state index in [1.165, 1.54) is 23.5 Å². The van der Waals surface area contributed by atoms with Crippen LogP contribution in [0, 0.1) is 6.92 Å². The first-order valence-electron chi connectivity index (χ1n) is 5.52. The van der Waals surface area contributed by atoms with Crippen molar-refractivity contribution in [3.8, 4) is 5.75 Å². The number of amides is 2. The van der Waals surface area contributed by atoms with Gasteiger partial charge in [-0.2, -0.15) is 0 Å². The fourth-order valence-corrected chi connectivity index (χ4v) is 2.12. The molecule has 8 heteroatoms. The van der Waals surface area contributed by atoms with Crippen molar-refractivity contribution >= 4 is 34.2 Å². The Bertz CT molecular complexity index is 668. The van der Waals surface area contributed by atoms with Gasteiger partial charge in [-0.1, -0.05) is 0 Å². The van der Waals surface area contributed by atoms with Crippen molar-refractivity contribution in [2.75, 3.05) is 10.6 Å². The van der Waals surface area contributed by atoms with Crippen LogP contribution < -0.4 is 10.6 Å². The largest absolute Gasteiger partial charge is 0.507 e. The number of thiazole rings is 1. The predicted molar refractivity (Wildman–Crippen MR) is 74.6 cm³/mol. The molecule has 0 unspecified atom stereocenters. The fourth-order valence-electron chi connectivity index (χ4n) is 1.46. The molecule has 0 atom stereocenters. The smallest absolute Gasteiger partial charge is 0.339 e. The molecule has 0 saturated carbocycles. The molecule has 1 aromatic carbocycles. The zero-order chi connectivity index (χ0) is 14.7. The second kappa shape index (κ2) is 5.57. The number of hydrogen-bond acceptors (Lipinski definition) is 5. The van der Waals surface area contributed by atoms with Crippen LogP contribution in [0.4, 0.5) is 15.6 Å². The van der Waals surface area contributed by atoms with E-state index >= 15 is 0 Å². The quantitative estimate of drug-likeness (QED) is 0.694. The third kappa shape index (κ3) is 3.23. The molecule has 0 aliphatic carbocycles. The molecule has 0 aliphatic heterocycles. The highest BCUT2D eigenvalue weighted by Gasteiger charge is 2.11. The minimum atomic E-state index is -1.24. The van der Waals surface area contributed by atoms with Crippen LogP contribution in [-0.2, 0) is 0 Å². The molecule has 0 bridgehead atoms. The highest BCUT2D eigenvalue weighted by molar-refractivity contribution is 7.15. The minimum Gasteiger partial charge on any atom is -0.507 e. The molecule has 2 amide bonds. The van der Waals surface area contributed by atoms with Gasteiger partial charge in [-0.05, 0) is 19.1 Å². The van der Waals surface area contributed by atoms with Gasteiger partial charge < -0.3 is 15.5 Å². The number of nitrogens with zero attached hydrogens (tertiary/aromatic N) is 1. The Morgan fingerprint density at radius 2 is 2.05 bits per heavy atom. The van der Waals surface area contributed by atoms with Crippen LogP contribution in [0.2, 0.25) is 0 Å². The predicted octanol–water partition coefficient (Wildman–Crippen LogP) is 2.50. The number of aryl methyl sites for hydroxylation is 1.